The summed E-state index contributed by atoms with van der Waals surface area (Å²) in [6, 6.07) is 6.99. The molecular weight excluding hydrogens is 378 g/mol. The summed E-state index contributed by atoms with van der Waals surface area (Å²) >= 11 is 2.68. The summed E-state index contributed by atoms with van der Waals surface area (Å²) in [5.41, 5.74) is 0.287. The number of benzene rings is 1. The van der Waals surface area contributed by atoms with Crippen LogP contribution in [0.3, 0.4) is 0 Å². The second kappa shape index (κ2) is 8.18. The highest BCUT2D eigenvalue weighted by atomic mass is 32.2. The number of likely N-dealkylation sites (N-methyl/N-ethyl adjacent to an activating group) is 1. The number of hydrogen-bond donors (Lipinski definition) is 0. The number of rotatable bonds is 6. The SMILES string of the molecule is CCN(CCN1C(=O)CSC1c1ccc(F)cc1F)C(=O)c1cccs1. The van der Waals surface area contributed by atoms with Crippen LogP contribution < -0.4 is 0 Å². The lowest BCUT2D eigenvalue weighted by molar-refractivity contribution is -0.128. The lowest BCUT2D eigenvalue weighted by atomic mass is 10.2. The standard InChI is InChI=1S/C18H18F2N2O2S2/c1-2-21(17(24)15-4-3-9-25-15)7-8-22-16(23)11-26-18(22)13-6-5-12(19)10-14(13)20/h3-6,9-10,18H,2,7-8,11H2,1H3. The number of thiophene rings is 1. The maximum absolute atomic E-state index is 14.1. The molecule has 1 aromatic heterocycles. The van der Waals surface area contributed by atoms with Crippen molar-refractivity contribution < 1.29 is 18.4 Å². The third-order valence-electron chi connectivity index (χ3n) is 4.21. The number of thioether (sulfide) groups is 1. The van der Waals surface area contributed by atoms with Gasteiger partial charge in [0.05, 0.1) is 10.6 Å². The number of nitrogens with zero attached hydrogens (tertiary/aromatic N) is 2. The van der Waals surface area contributed by atoms with E-state index in [0.29, 0.717) is 24.5 Å². The van der Waals surface area contributed by atoms with E-state index in [9.17, 15) is 18.4 Å². The molecule has 4 nitrogen and oxygen atoms in total. The summed E-state index contributed by atoms with van der Waals surface area (Å²) in [7, 11) is 0. The Bertz CT molecular complexity index is 798. The summed E-state index contributed by atoms with van der Waals surface area (Å²) in [6.07, 6.45) is 0. The molecule has 0 saturated carbocycles. The van der Waals surface area contributed by atoms with Gasteiger partial charge in [-0.1, -0.05) is 12.1 Å². The highest BCUT2D eigenvalue weighted by Crippen LogP contribution is 2.39. The van der Waals surface area contributed by atoms with E-state index < -0.39 is 17.0 Å². The Balaban J connectivity index is 1.72. The van der Waals surface area contributed by atoms with Crippen LogP contribution in [0.15, 0.2) is 35.7 Å². The third kappa shape index (κ3) is 3.91. The average Bonchev–Trinajstić information content (AvgIpc) is 3.26. The molecule has 2 heterocycles. The minimum atomic E-state index is -0.663. The third-order valence-corrected chi connectivity index (χ3v) is 6.30. The lowest BCUT2D eigenvalue weighted by Crippen LogP contribution is -2.40. The van der Waals surface area contributed by atoms with E-state index in [1.54, 1.807) is 15.9 Å². The zero-order valence-corrected chi connectivity index (χ0v) is 15.8. The minimum absolute atomic E-state index is 0.0775. The molecule has 8 heteroatoms. The van der Waals surface area contributed by atoms with Crippen LogP contribution in [0.4, 0.5) is 8.78 Å². The Morgan fingerprint density at radius 2 is 2.15 bits per heavy atom. The van der Waals surface area contributed by atoms with Gasteiger partial charge in [-0.25, -0.2) is 8.78 Å². The van der Waals surface area contributed by atoms with Crippen LogP contribution in [0.2, 0.25) is 0 Å². The minimum Gasteiger partial charge on any atom is -0.336 e. The van der Waals surface area contributed by atoms with Gasteiger partial charge in [0.2, 0.25) is 5.91 Å². The maximum atomic E-state index is 14.1. The second-order valence-corrected chi connectivity index (χ2v) is 7.79. The van der Waals surface area contributed by atoms with Gasteiger partial charge in [0.1, 0.15) is 17.0 Å². The second-order valence-electron chi connectivity index (χ2n) is 5.78. The van der Waals surface area contributed by atoms with Gasteiger partial charge in [0, 0.05) is 31.3 Å². The molecule has 2 amide bonds. The van der Waals surface area contributed by atoms with Crippen LogP contribution in [-0.2, 0) is 4.79 Å². The molecule has 0 radical (unpaired) electrons. The Morgan fingerprint density at radius 3 is 2.81 bits per heavy atom. The van der Waals surface area contributed by atoms with Crippen LogP contribution in [0.25, 0.3) is 0 Å². The average molecular weight is 396 g/mol. The van der Waals surface area contributed by atoms with Crippen molar-refractivity contribution in [1.82, 2.24) is 9.80 Å². The normalized spacial score (nSPS) is 17.0. The smallest absolute Gasteiger partial charge is 0.263 e. The van der Waals surface area contributed by atoms with Crippen molar-refractivity contribution in [1.29, 1.82) is 0 Å². The number of halogens is 2. The van der Waals surface area contributed by atoms with Crippen molar-refractivity contribution in [2.45, 2.75) is 12.3 Å². The Hall–Kier alpha value is -1.93. The van der Waals surface area contributed by atoms with Gasteiger partial charge in [0.25, 0.3) is 5.91 Å². The highest BCUT2D eigenvalue weighted by molar-refractivity contribution is 8.00. The molecule has 138 valence electrons. The van der Waals surface area contributed by atoms with Gasteiger partial charge < -0.3 is 9.80 Å². The predicted octanol–water partition coefficient (Wildman–Crippen LogP) is 3.76. The van der Waals surface area contributed by atoms with Gasteiger partial charge in [-0.05, 0) is 24.4 Å². The maximum Gasteiger partial charge on any atom is 0.263 e. The number of amides is 2. The molecular formula is C18H18F2N2O2S2. The van der Waals surface area contributed by atoms with Gasteiger partial charge in [-0.15, -0.1) is 23.1 Å². The molecule has 3 rings (SSSR count). The van der Waals surface area contributed by atoms with Crippen molar-refractivity contribution in [3.05, 3.63) is 57.8 Å². The fourth-order valence-corrected chi connectivity index (χ4v) is 4.77. The van der Waals surface area contributed by atoms with Crippen LogP contribution in [0.1, 0.15) is 27.5 Å². The monoisotopic (exact) mass is 396 g/mol. The molecule has 26 heavy (non-hydrogen) atoms. The van der Waals surface area contributed by atoms with E-state index in [-0.39, 0.29) is 23.1 Å². The quantitative estimate of drug-likeness (QED) is 0.747. The topological polar surface area (TPSA) is 40.6 Å². The molecule has 1 aliphatic heterocycles. The van der Waals surface area contributed by atoms with E-state index in [0.717, 1.165) is 6.07 Å². The van der Waals surface area contributed by atoms with Crippen molar-refractivity contribution >= 4 is 34.9 Å². The lowest BCUT2D eigenvalue weighted by Gasteiger charge is -2.28. The van der Waals surface area contributed by atoms with Gasteiger partial charge >= 0.3 is 0 Å². The van der Waals surface area contributed by atoms with E-state index >= 15 is 0 Å². The molecule has 2 aromatic rings. The van der Waals surface area contributed by atoms with E-state index in [2.05, 4.69) is 0 Å². The zero-order valence-electron chi connectivity index (χ0n) is 14.2. The van der Waals surface area contributed by atoms with Crippen LogP contribution in [-0.4, -0.2) is 47.0 Å². The number of carbonyl (C=O) groups excluding carboxylic acids is 2. The van der Waals surface area contributed by atoms with Crippen molar-refractivity contribution in [2.24, 2.45) is 0 Å². The first-order chi connectivity index (χ1) is 12.5. The first-order valence-corrected chi connectivity index (χ1v) is 10.1. The fourth-order valence-electron chi connectivity index (χ4n) is 2.84. The van der Waals surface area contributed by atoms with Crippen LogP contribution in [0.5, 0.6) is 0 Å². The van der Waals surface area contributed by atoms with E-state index in [4.69, 9.17) is 0 Å². The summed E-state index contributed by atoms with van der Waals surface area (Å²) in [5.74, 6) is -1.25. The Morgan fingerprint density at radius 1 is 1.35 bits per heavy atom. The van der Waals surface area contributed by atoms with Crippen molar-refractivity contribution in [3.8, 4) is 0 Å². The molecule has 1 unspecified atom stereocenters. The van der Waals surface area contributed by atoms with Gasteiger partial charge in [0.15, 0.2) is 0 Å². The van der Waals surface area contributed by atoms with Crippen molar-refractivity contribution in [3.63, 3.8) is 0 Å². The zero-order chi connectivity index (χ0) is 18.7. The fraction of sp³-hybridized carbons (Fsp3) is 0.333. The molecule has 1 saturated heterocycles. The largest absolute Gasteiger partial charge is 0.336 e. The molecule has 1 aromatic carbocycles. The summed E-state index contributed by atoms with van der Waals surface area (Å²) in [5, 5.41) is 1.34. The molecule has 0 bridgehead atoms. The molecule has 1 atom stereocenters. The van der Waals surface area contributed by atoms with Crippen LogP contribution >= 0.6 is 23.1 Å². The highest BCUT2D eigenvalue weighted by Gasteiger charge is 2.34. The first kappa shape index (κ1) is 18.8. The van der Waals surface area contributed by atoms with Crippen molar-refractivity contribution in [2.75, 3.05) is 25.4 Å². The molecule has 0 spiro atoms. The first-order valence-electron chi connectivity index (χ1n) is 8.20. The Labute approximate surface area is 158 Å². The predicted molar refractivity (Wildman–Crippen MR) is 99.2 cm³/mol. The molecule has 1 fully saturated rings. The Kier molecular flexibility index (Phi) is 5.93. The summed E-state index contributed by atoms with van der Waals surface area (Å²) in [6.45, 7) is 3.06. The molecule has 0 N–H and O–H groups in total. The van der Waals surface area contributed by atoms with Gasteiger partial charge in [-0.2, -0.15) is 0 Å². The molecule has 1 aliphatic rings. The van der Waals surface area contributed by atoms with Gasteiger partial charge in [-0.3, -0.25) is 9.59 Å². The summed E-state index contributed by atoms with van der Waals surface area (Å²) in [4.78, 5) is 28.6. The van der Waals surface area contributed by atoms with E-state index in [1.807, 2.05) is 18.4 Å². The number of hydrogen-bond acceptors (Lipinski definition) is 4. The van der Waals surface area contributed by atoms with Crippen LogP contribution in [0, 0.1) is 11.6 Å². The van der Waals surface area contributed by atoms with E-state index in [1.165, 1.54) is 35.2 Å². The summed E-state index contributed by atoms with van der Waals surface area (Å²) < 4.78 is 27.3. The number of carbonyl (C=O) groups is 2. The molecule has 0 aliphatic carbocycles.